The summed E-state index contributed by atoms with van der Waals surface area (Å²) in [6, 6.07) is 11.6. The number of hydrogen-bond donors (Lipinski definition) is 1. The molecule has 120 valence electrons. The fraction of sp³-hybridized carbons (Fsp3) is 0.176. The number of carbonyl (C=O) groups excluding carboxylic acids is 1. The van der Waals surface area contributed by atoms with Crippen molar-refractivity contribution >= 4 is 40.5 Å². The van der Waals surface area contributed by atoms with Gasteiger partial charge in [-0.1, -0.05) is 12.1 Å². The van der Waals surface area contributed by atoms with Gasteiger partial charge in [0.25, 0.3) is 0 Å². The maximum absolute atomic E-state index is 11.2. The number of benzene rings is 2. The van der Waals surface area contributed by atoms with Crippen molar-refractivity contribution in [2.45, 2.75) is 13.8 Å². The molecular formula is C17H17IN2O3. The first kappa shape index (κ1) is 17.3. The first-order valence-corrected chi connectivity index (χ1v) is 7.99. The quantitative estimate of drug-likeness (QED) is 0.259. The fourth-order valence-corrected chi connectivity index (χ4v) is 2.69. The van der Waals surface area contributed by atoms with Gasteiger partial charge in [0.1, 0.15) is 0 Å². The lowest BCUT2D eigenvalue weighted by atomic mass is 10.2. The van der Waals surface area contributed by atoms with Crippen molar-refractivity contribution < 1.29 is 14.3 Å². The number of nitrogens with one attached hydrogen (secondary N) is 1. The molecule has 0 spiro atoms. The van der Waals surface area contributed by atoms with Crippen molar-refractivity contribution in [3.63, 3.8) is 0 Å². The summed E-state index contributed by atoms with van der Waals surface area (Å²) < 4.78 is 11.2. The number of nitrogens with zero attached hydrogens (tertiary/aromatic N) is 1. The number of halogens is 1. The van der Waals surface area contributed by atoms with Gasteiger partial charge < -0.3 is 9.47 Å². The minimum absolute atomic E-state index is 0.385. The molecule has 23 heavy (non-hydrogen) atoms. The molecule has 2 aromatic rings. The maximum atomic E-state index is 11.2. The van der Waals surface area contributed by atoms with E-state index in [0.717, 1.165) is 20.4 Å². The second-order valence-corrected chi connectivity index (χ2v) is 6.03. The van der Waals surface area contributed by atoms with Crippen LogP contribution in [0.15, 0.2) is 41.5 Å². The third kappa shape index (κ3) is 4.95. The lowest BCUT2D eigenvalue weighted by Gasteiger charge is -2.11. The summed E-state index contributed by atoms with van der Waals surface area (Å²) >= 11 is 2.10. The van der Waals surface area contributed by atoms with Crippen LogP contribution in [0.25, 0.3) is 0 Å². The first-order valence-electron chi connectivity index (χ1n) is 6.91. The van der Waals surface area contributed by atoms with E-state index < -0.39 is 0 Å². The van der Waals surface area contributed by atoms with Gasteiger partial charge in [-0.05, 0) is 64.9 Å². The Labute approximate surface area is 148 Å². The molecule has 0 unspecified atom stereocenters. The minimum Gasteiger partial charge on any atom is -0.493 e. The van der Waals surface area contributed by atoms with Gasteiger partial charge in [0.05, 0.1) is 22.6 Å². The monoisotopic (exact) mass is 424 g/mol. The van der Waals surface area contributed by atoms with Gasteiger partial charge in [0.2, 0.25) is 0 Å². The molecule has 2 aromatic carbocycles. The standard InChI is InChI=1S/C17H17IN2O3/c1-11-5-4-6-14(7-11)20-19-10-13-8-15(18)17(23-12(2)21)16(9-13)22-3/h4-10,20H,1-3H3. The number of hydrazone groups is 1. The number of aryl methyl sites for hydroxylation is 1. The molecule has 0 saturated carbocycles. The number of rotatable bonds is 5. The number of methoxy groups -OCH3 is 1. The topological polar surface area (TPSA) is 59.9 Å². The first-order chi connectivity index (χ1) is 11.0. The van der Waals surface area contributed by atoms with Crippen molar-refractivity contribution in [2.75, 3.05) is 12.5 Å². The van der Waals surface area contributed by atoms with Gasteiger partial charge >= 0.3 is 5.97 Å². The van der Waals surface area contributed by atoms with Gasteiger partial charge in [-0.25, -0.2) is 0 Å². The molecule has 0 aliphatic carbocycles. The van der Waals surface area contributed by atoms with Crippen LogP contribution in [0.2, 0.25) is 0 Å². The zero-order valence-corrected chi connectivity index (χ0v) is 15.2. The van der Waals surface area contributed by atoms with E-state index in [9.17, 15) is 4.79 Å². The Balaban J connectivity index is 2.18. The predicted octanol–water partition coefficient (Wildman–Crippen LogP) is 3.98. The van der Waals surface area contributed by atoms with Gasteiger partial charge in [-0.15, -0.1) is 0 Å². The van der Waals surface area contributed by atoms with Crippen LogP contribution < -0.4 is 14.9 Å². The van der Waals surface area contributed by atoms with E-state index in [4.69, 9.17) is 9.47 Å². The van der Waals surface area contributed by atoms with Crippen LogP contribution in [0.4, 0.5) is 5.69 Å². The second-order valence-electron chi connectivity index (χ2n) is 4.87. The Kier molecular flexibility index (Phi) is 5.97. The highest BCUT2D eigenvalue weighted by Gasteiger charge is 2.13. The van der Waals surface area contributed by atoms with E-state index in [1.807, 2.05) is 37.3 Å². The Morgan fingerprint density at radius 2 is 2.09 bits per heavy atom. The van der Waals surface area contributed by atoms with Crippen molar-refractivity contribution in [2.24, 2.45) is 5.10 Å². The molecule has 2 rings (SSSR count). The third-order valence-electron chi connectivity index (χ3n) is 2.92. The number of esters is 1. The van der Waals surface area contributed by atoms with Crippen LogP contribution in [0.3, 0.4) is 0 Å². The zero-order valence-electron chi connectivity index (χ0n) is 13.1. The number of ether oxygens (including phenoxy) is 2. The van der Waals surface area contributed by atoms with Crippen molar-refractivity contribution in [3.05, 3.63) is 51.1 Å². The summed E-state index contributed by atoms with van der Waals surface area (Å²) in [7, 11) is 1.53. The van der Waals surface area contributed by atoms with E-state index in [0.29, 0.717) is 11.5 Å². The predicted molar refractivity (Wildman–Crippen MR) is 99.4 cm³/mol. The normalized spacial score (nSPS) is 10.6. The number of anilines is 1. The highest BCUT2D eigenvalue weighted by molar-refractivity contribution is 14.1. The smallest absolute Gasteiger partial charge is 0.308 e. The molecule has 0 fully saturated rings. The highest BCUT2D eigenvalue weighted by atomic mass is 127. The van der Waals surface area contributed by atoms with E-state index >= 15 is 0 Å². The summed E-state index contributed by atoms with van der Waals surface area (Å²) in [4.78, 5) is 11.2. The van der Waals surface area contributed by atoms with Gasteiger partial charge in [0, 0.05) is 6.92 Å². The van der Waals surface area contributed by atoms with Gasteiger partial charge in [0.15, 0.2) is 11.5 Å². The molecule has 0 aliphatic rings. The van der Waals surface area contributed by atoms with Crippen molar-refractivity contribution in [1.82, 2.24) is 0 Å². The number of carbonyl (C=O) groups is 1. The molecule has 0 amide bonds. The van der Waals surface area contributed by atoms with Crippen LogP contribution in [0.5, 0.6) is 11.5 Å². The zero-order chi connectivity index (χ0) is 16.8. The van der Waals surface area contributed by atoms with Crippen LogP contribution in [-0.4, -0.2) is 19.3 Å². The molecule has 0 saturated heterocycles. The summed E-state index contributed by atoms with van der Waals surface area (Å²) in [5, 5.41) is 4.22. The van der Waals surface area contributed by atoms with Crippen LogP contribution in [0.1, 0.15) is 18.1 Å². The average Bonchev–Trinajstić information content (AvgIpc) is 2.49. The third-order valence-corrected chi connectivity index (χ3v) is 3.72. The Bertz CT molecular complexity index is 745. The molecule has 0 atom stereocenters. The molecule has 0 bridgehead atoms. The summed E-state index contributed by atoms with van der Waals surface area (Å²) in [6.45, 7) is 3.38. The Morgan fingerprint density at radius 1 is 1.30 bits per heavy atom. The lowest BCUT2D eigenvalue weighted by Crippen LogP contribution is -2.05. The van der Waals surface area contributed by atoms with Gasteiger partial charge in [-0.3, -0.25) is 10.2 Å². The molecule has 5 nitrogen and oxygen atoms in total. The maximum Gasteiger partial charge on any atom is 0.308 e. The van der Waals surface area contributed by atoms with E-state index in [1.165, 1.54) is 14.0 Å². The average molecular weight is 424 g/mol. The second kappa shape index (κ2) is 7.96. The van der Waals surface area contributed by atoms with Crippen molar-refractivity contribution in [1.29, 1.82) is 0 Å². The van der Waals surface area contributed by atoms with Crippen LogP contribution in [-0.2, 0) is 4.79 Å². The molecule has 0 aromatic heterocycles. The molecule has 6 heteroatoms. The highest BCUT2D eigenvalue weighted by Crippen LogP contribution is 2.33. The van der Waals surface area contributed by atoms with Crippen molar-refractivity contribution in [3.8, 4) is 11.5 Å². The summed E-state index contributed by atoms with van der Waals surface area (Å²) in [5.74, 6) is 0.525. The Morgan fingerprint density at radius 3 is 2.74 bits per heavy atom. The largest absolute Gasteiger partial charge is 0.493 e. The fourth-order valence-electron chi connectivity index (χ4n) is 1.95. The number of hydrogen-bond acceptors (Lipinski definition) is 5. The SMILES string of the molecule is COc1cc(C=NNc2cccc(C)c2)cc(I)c1OC(C)=O. The van der Waals surface area contributed by atoms with Crippen LogP contribution >= 0.6 is 22.6 Å². The molecule has 1 N–H and O–H groups in total. The van der Waals surface area contributed by atoms with Crippen LogP contribution in [0, 0.1) is 10.5 Å². The molecular weight excluding hydrogens is 407 g/mol. The minimum atomic E-state index is -0.385. The molecule has 0 radical (unpaired) electrons. The van der Waals surface area contributed by atoms with E-state index in [1.54, 1.807) is 12.3 Å². The van der Waals surface area contributed by atoms with E-state index in [-0.39, 0.29) is 5.97 Å². The lowest BCUT2D eigenvalue weighted by molar-refractivity contribution is -0.132. The summed E-state index contributed by atoms with van der Waals surface area (Å²) in [5.41, 5.74) is 5.89. The summed E-state index contributed by atoms with van der Waals surface area (Å²) in [6.07, 6.45) is 1.69. The molecule has 0 heterocycles. The Hall–Kier alpha value is -2.09. The van der Waals surface area contributed by atoms with E-state index in [2.05, 4.69) is 33.1 Å². The van der Waals surface area contributed by atoms with Gasteiger partial charge in [-0.2, -0.15) is 5.10 Å². The molecule has 0 aliphatic heterocycles.